The minimum absolute atomic E-state index is 0.0450. The Hall–Kier alpha value is -4.34. The molecule has 0 unspecified atom stereocenters. The van der Waals surface area contributed by atoms with E-state index in [-0.39, 0.29) is 18.4 Å². The average Bonchev–Trinajstić information content (AvgIpc) is 3.03. The molecule has 3 heteroatoms. The van der Waals surface area contributed by atoms with E-state index >= 15 is 0 Å². The largest absolute Gasteiger partial charge is 0.494 e. The molecule has 0 amide bonds. The van der Waals surface area contributed by atoms with Crippen LogP contribution in [0.3, 0.4) is 0 Å². The Kier molecular flexibility index (Phi) is 9.86. The van der Waals surface area contributed by atoms with Crippen molar-refractivity contribution >= 4 is 5.69 Å². The Morgan fingerprint density at radius 3 is 1.24 bits per heavy atom. The van der Waals surface area contributed by atoms with Gasteiger partial charge in [-0.1, -0.05) is 128 Å². The van der Waals surface area contributed by atoms with Gasteiger partial charge >= 0.3 is 0 Å². The number of aliphatic hydroxyl groups is 1. The van der Waals surface area contributed by atoms with Crippen LogP contribution in [0, 0.1) is 0 Å². The van der Waals surface area contributed by atoms with Gasteiger partial charge in [-0.25, -0.2) is 0 Å². The predicted octanol–water partition coefficient (Wildman–Crippen LogP) is 8.56. The van der Waals surface area contributed by atoms with Crippen molar-refractivity contribution in [1.29, 1.82) is 0 Å². The SMILES string of the molecule is Nc1c(C(c2ccccc2)c2ccccc2)cc(OCCCCCCO)cc1C(c1ccccc1)c1ccccc1. The Balaban J connectivity index is 1.66. The molecule has 5 aromatic rings. The number of aliphatic hydroxyl groups excluding tert-OH is 1. The van der Waals surface area contributed by atoms with E-state index in [1.807, 2.05) is 0 Å². The molecule has 0 atom stereocenters. The normalized spacial score (nSPS) is 11.2. The summed E-state index contributed by atoms with van der Waals surface area (Å²) in [6, 6.07) is 46.6. The second-order valence-electron chi connectivity index (χ2n) is 10.5. The summed E-state index contributed by atoms with van der Waals surface area (Å²) in [5.41, 5.74) is 14.9. The summed E-state index contributed by atoms with van der Waals surface area (Å²) in [7, 11) is 0. The van der Waals surface area contributed by atoms with Gasteiger partial charge in [0.05, 0.1) is 6.61 Å². The molecule has 5 aromatic carbocycles. The number of nitrogen functional groups attached to an aromatic ring is 1. The van der Waals surface area contributed by atoms with Crippen molar-refractivity contribution in [2.24, 2.45) is 0 Å². The Morgan fingerprint density at radius 2 is 0.878 bits per heavy atom. The number of benzene rings is 5. The summed E-state index contributed by atoms with van der Waals surface area (Å²) < 4.78 is 6.45. The van der Waals surface area contributed by atoms with Crippen LogP contribution in [0.5, 0.6) is 5.75 Å². The number of unbranched alkanes of at least 4 members (excludes halogenated alkanes) is 3. The second-order valence-corrected chi connectivity index (χ2v) is 10.5. The van der Waals surface area contributed by atoms with Gasteiger partial charge in [-0.15, -0.1) is 0 Å². The van der Waals surface area contributed by atoms with Crippen LogP contribution in [0.4, 0.5) is 5.69 Å². The molecule has 0 saturated carbocycles. The molecule has 208 valence electrons. The van der Waals surface area contributed by atoms with Crippen LogP contribution in [0.1, 0.15) is 70.9 Å². The number of nitrogens with two attached hydrogens (primary N) is 1. The number of anilines is 1. The zero-order valence-corrected chi connectivity index (χ0v) is 23.5. The van der Waals surface area contributed by atoms with Crippen molar-refractivity contribution in [3.05, 3.63) is 167 Å². The quantitative estimate of drug-likeness (QED) is 0.0892. The minimum Gasteiger partial charge on any atom is -0.494 e. The molecule has 0 heterocycles. The van der Waals surface area contributed by atoms with Crippen molar-refractivity contribution in [2.45, 2.75) is 37.5 Å². The molecule has 0 aliphatic rings. The number of hydrogen-bond acceptors (Lipinski definition) is 3. The Bertz CT molecular complexity index is 1290. The number of hydrogen-bond donors (Lipinski definition) is 2. The van der Waals surface area contributed by atoms with Crippen molar-refractivity contribution in [1.82, 2.24) is 0 Å². The van der Waals surface area contributed by atoms with Crippen LogP contribution >= 0.6 is 0 Å². The summed E-state index contributed by atoms with van der Waals surface area (Å²) in [5.74, 6) is 0.744. The molecule has 41 heavy (non-hydrogen) atoms. The fraction of sp³-hybridized carbons (Fsp3) is 0.211. The summed E-state index contributed by atoms with van der Waals surface area (Å²) in [4.78, 5) is 0. The van der Waals surface area contributed by atoms with Crippen LogP contribution in [0.15, 0.2) is 133 Å². The van der Waals surface area contributed by atoms with Crippen molar-refractivity contribution in [2.75, 3.05) is 18.9 Å². The van der Waals surface area contributed by atoms with Gasteiger partial charge in [-0.05, 0) is 64.8 Å². The lowest BCUT2D eigenvalue weighted by Gasteiger charge is -2.27. The first-order chi connectivity index (χ1) is 20.3. The first-order valence-electron chi connectivity index (χ1n) is 14.6. The van der Waals surface area contributed by atoms with E-state index in [4.69, 9.17) is 15.6 Å². The van der Waals surface area contributed by atoms with Gasteiger partial charge in [0.25, 0.3) is 0 Å². The molecular weight excluding hydrogens is 502 g/mol. The lowest BCUT2D eigenvalue weighted by molar-refractivity contribution is 0.273. The van der Waals surface area contributed by atoms with Gasteiger partial charge in [-0.3, -0.25) is 0 Å². The van der Waals surface area contributed by atoms with Crippen molar-refractivity contribution < 1.29 is 9.84 Å². The molecule has 0 spiro atoms. The highest BCUT2D eigenvalue weighted by atomic mass is 16.5. The van der Waals surface area contributed by atoms with Crippen molar-refractivity contribution in [3.8, 4) is 5.75 Å². The Labute approximate surface area is 244 Å². The Morgan fingerprint density at radius 1 is 0.512 bits per heavy atom. The molecule has 3 N–H and O–H groups in total. The van der Waals surface area contributed by atoms with Crippen LogP contribution < -0.4 is 10.5 Å². The third-order valence-electron chi connectivity index (χ3n) is 7.69. The standard InChI is InChI=1S/C38H39NO2/c39-38-34(36(29-17-7-3-8-18-29)30-19-9-4-10-20-30)27-33(41-26-16-2-1-15-25-40)28-35(38)37(31-21-11-5-12-22-31)32-23-13-6-14-24-32/h3-14,17-24,27-28,36-37,40H,1-2,15-16,25-26,39H2. The van der Waals surface area contributed by atoms with Gasteiger partial charge in [0, 0.05) is 24.1 Å². The van der Waals surface area contributed by atoms with E-state index < -0.39 is 0 Å². The number of rotatable bonds is 13. The third kappa shape index (κ3) is 7.06. The highest BCUT2D eigenvalue weighted by Crippen LogP contribution is 2.44. The van der Waals surface area contributed by atoms with Crippen LogP contribution in [-0.2, 0) is 0 Å². The van der Waals surface area contributed by atoms with E-state index in [0.29, 0.717) is 6.61 Å². The van der Waals surface area contributed by atoms with Gasteiger partial charge in [0.1, 0.15) is 5.75 Å². The molecule has 0 aliphatic heterocycles. The van der Waals surface area contributed by atoms with E-state index in [1.165, 1.54) is 22.3 Å². The molecule has 0 bridgehead atoms. The molecule has 3 nitrogen and oxygen atoms in total. The summed E-state index contributed by atoms with van der Waals surface area (Å²) >= 11 is 0. The molecule has 0 saturated heterocycles. The number of ether oxygens (including phenoxy) is 1. The molecule has 0 aromatic heterocycles. The van der Waals surface area contributed by atoms with E-state index in [9.17, 15) is 0 Å². The molecular formula is C38H39NO2. The van der Waals surface area contributed by atoms with Crippen molar-refractivity contribution in [3.63, 3.8) is 0 Å². The highest BCUT2D eigenvalue weighted by Gasteiger charge is 2.26. The van der Waals surface area contributed by atoms with Gasteiger partial charge in [0.2, 0.25) is 0 Å². The summed E-state index contributed by atoms with van der Waals surface area (Å²) in [5, 5.41) is 9.12. The first-order valence-corrected chi connectivity index (χ1v) is 14.6. The van der Waals surface area contributed by atoms with E-state index in [1.54, 1.807) is 0 Å². The molecule has 0 radical (unpaired) electrons. The molecule has 0 fully saturated rings. The van der Waals surface area contributed by atoms with Gasteiger partial charge in [-0.2, -0.15) is 0 Å². The van der Waals surface area contributed by atoms with Crippen LogP contribution in [-0.4, -0.2) is 18.3 Å². The minimum atomic E-state index is -0.0450. The van der Waals surface area contributed by atoms with Gasteiger partial charge < -0.3 is 15.6 Å². The third-order valence-corrected chi connectivity index (χ3v) is 7.69. The smallest absolute Gasteiger partial charge is 0.120 e. The first kappa shape index (κ1) is 28.2. The lowest BCUT2D eigenvalue weighted by Crippen LogP contribution is -2.13. The lowest BCUT2D eigenvalue weighted by atomic mass is 9.79. The fourth-order valence-corrected chi connectivity index (χ4v) is 5.67. The molecule has 5 rings (SSSR count). The van der Waals surface area contributed by atoms with Crippen LogP contribution in [0.25, 0.3) is 0 Å². The molecule has 0 aliphatic carbocycles. The second kappa shape index (κ2) is 14.3. The van der Waals surface area contributed by atoms with Crippen LogP contribution in [0.2, 0.25) is 0 Å². The predicted molar refractivity (Wildman–Crippen MR) is 170 cm³/mol. The maximum absolute atomic E-state index is 9.12. The zero-order valence-electron chi connectivity index (χ0n) is 23.5. The highest BCUT2D eigenvalue weighted by molar-refractivity contribution is 5.67. The van der Waals surface area contributed by atoms with E-state index in [0.717, 1.165) is 48.2 Å². The topological polar surface area (TPSA) is 55.5 Å². The monoisotopic (exact) mass is 541 g/mol. The maximum Gasteiger partial charge on any atom is 0.120 e. The summed E-state index contributed by atoms with van der Waals surface area (Å²) in [6.45, 7) is 0.864. The fourth-order valence-electron chi connectivity index (χ4n) is 5.67. The van der Waals surface area contributed by atoms with E-state index in [2.05, 4.69) is 133 Å². The maximum atomic E-state index is 9.12. The zero-order chi connectivity index (χ0) is 28.3. The summed E-state index contributed by atoms with van der Waals surface area (Å²) in [6.07, 6.45) is 3.81. The van der Waals surface area contributed by atoms with Gasteiger partial charge in [0.15, 0.2) is 0 Å². The average molecular weight is 542 g/mol.